The van der Waals surface area contributed by atoms with Crippen LogP contribution in [0, 0.1) is 5.41 Å². The molecule has 3 aromatic rings. The number of carbonyl (C=O) groups excluding carboxylic acids is 2. The fourth-order valence-corrected chi connectivity index (χ4v) is 8.02. The summed E-state index contributed by atoms with van der Waals surface area (Å²) < 4.78 is 6.38. The van der Waals surface area contributed by atoms with Gasteiger partial charge in [0.1, 0.15) is 5.60 Å². The molecule has 3 aromatic carbocycles. The summed E-state index contributed by atoms with van der Waals surface area (Å²) in [5.41, 5.74) is 5.89. The molecule has 7 rings (SSSR count). The van der Waals surface area contributed by atoms with E-state index in [1.54, 1.807) is 0 Å². The molecule has 1 spiro atoms. The third-order valence-electron chi connectivity index (χ3n) is 10.6. The number of amides is 1. The van der Waals surface area contributed by atoms with E-state index in [9.17, 15) is 14.7 Å². The molecule has 1 heterocycles. The Morgan fingerprint density at radius 2 is 1.75 bits per heavy atom. The first kappa shape index (κ1) is 30.3. The van der Waals surface area contributed by atoms with E-state index < -0.39 is 11.7 Å². The van der Waals surface area contributed by atoms with Gasteiger partial charge in [0.05, 0.1) is 12.6 Å². The minimum Gasteiger partial charge on any atom is -0.440 e. The number of rotatable bonds is 5. The van der Waals surface area contributed by atoms with Crippen molar-refractivity contribution in [2.45, 2.75) is 89.8 Å². The van der Waals surface area contributed by atoms with Crippen molar-refractivity contribution in [1.82, 2.24) is 4.90 Å². The van der Waals surface area contributed by atoms with Crippen LogP contribution in [0.25, 0.3) is 11.1 Å². The van der Waals surface area contributed by atoms with Gasteiger partial charge in [0, 0.05) is 23.1 Å². The Kier molecular flexibility index (Phi) is 8.52. The minimum atomic E-state index is -0.588. The van der Waals surface area contributed by atoms with Crippen LogP contribution in [-0.2, 0) is 11.2 Å². The van der Waals surface area contributed by atoms with Gasteiger partial charge in [0.15, 0.2) is 5.78 Å². The maximum absolute atomic E-state index is 14.4. The monoisotopic (exact) mass is 591 g/mol. The first-order valence-electron chi connectivity index (χ1n) is 16.4. The predicted molar refractivity (Wildman–Crippen MR) is 175 cm³/mol. The molecular formula is C39H45NO4. The zero-order chi connectivity index (χ0) is 30.9. The lowest BCUT2D eigenvalue weighted by molar-refractivity contribution is -0.0373. The zero-order valence-corrected chi connectivity index (χ0v) is 26.4. The lowest BCUT2D eigenvalue weighted by atomic mass is 9.64. The fraction of sp³-hybridized carbons (Fsp3) is 0.436. The van der Waals surface area contributed by atoms with Crippen molar-refractivity contribution >= 4 is 11.9 Å². The van der Waals surface area contributed by atoms with Crippen molar-refractivity contribution in [3.63, 3.8) is 0 Å². The summed E-state index contributed by atoms with van der Waals surface area (Å²) in [5, 5.41) is 10.9. The number of aliphatic hydroxyl groups excluding tert-OH is 1. The number of benzene rings is 3. The molecule has 2 bridgehead atoms. The molecule has 2 fully saturated rings. The first-order chi connectivity index (χ1) is 21.2. The van der Waals surface area contributed by atoms with Gasteiger partial charge in [-0.2, -0.15) is 0 Å². The van der Waals surface area contributed by atoms with Crippen molar-refractivity contribution in [1.29, 1.82) is 0 Å². The van der Waals surface area contributed by atoms with Crippen LogP contribution in [0.3, 0.4) is 0 Å². The molecule has 0 radical (unpaired) electrons. The molecule has 1 saturated carbocycles. The lowest BCUT2D eigenvalue weighted by Crippen LogP contribution is -2.48. The molecule has 5 nitrogen and oxygen atoms in total. The molecule has 44 heavy (non-hydrogen) atoms. The number of fused-ring (bicyclic) bond motifs is 8. The SMILES string of the molecule is CCCN1C[C@@]2(CC[C@H]3c4ccc(cc4C(=O)c4ccc(-c5ccccc5)cc4)C[C@H](O)CCC(C)=CCC[C@@]32C)OC1=O. The number of nitrogens with zero attached hydrogens (tertiary/aromatic N) is 1. The molecule has 1 saturated heterocycles. The summed E-state index contributed by atoms with van der Waals surface area (Å²) in [6.45, 7) is 7.83. The smallest absolute Gasteiger partial charge is 0.410 e. The third kappa shape index (κ3) is 5.63. The standard InChI is InChI=1S/C39H45NO4/c1-4-23-40-26-39(44-37(40)43)22-20-35-33-19-13-28(24-32(41)18-12-27(2)9-8-21-38(35,39)3)25-34(33)36(42)31-16-14-30(15-17-31)29-10-6-5-7-11-29/h5-7,9-11,13-17,19,25,32,35,41H,4,8,12,18,20-24,26H2,1-3H3/t32-,35+,38+,39-/m1/s1. The molecule has 230 valence electrons. The Bertz CT molecular complexity index is 1540. The molecule has 3 aliphatic carbocycles. The minimum absolute atomic E-state index is 0.00175. The Hall–Kier alpha value is -3.70. The van der Waals surface area contributed by atoms with Crippen molar-refractivity contribution in [3.05, 3.63) is 107 Å². The molecule has 1 amide bonds. The second-order valence-electron chi connectivity index (χ2n) is 13.5. The number of allylic oxidation sites excluding steroid dienone is 2. The molecule has 0 aromatic heterocycles. The highest BCUT2D eigenvalue weighted by Gasteiger charge is 2.63. The van der Waals surface area contributed by atoms with E-state index >= 15 is 0 Å². The molecule has 0 unspecified atom stereocenters. The van der Waals surface area contributed by atoms with Gasteiger partial charge in [-0.15, -0.1) is 0 Å². The molecular weight excluding hydrogens is 546 g/mol. The van der Waals surface area contributed by atoms with Crippen LogP contribution in [-0.4, -0.2) is 46.7 Å². The van der Waals surface area contributed by atoms with Crippen LogP contribution in [0.5, 0.6) is 0 Å². The summed E-state index contributed by atoms with van der Waals surface area (Å²) in [7, 11) is 0. The normalized spacial score (nSPS) is 27.1. The number of hydrogen-bond donors (Lipinski definition) is 1. The van der Waals surface area contributed by atoms with Crippen molar-refractivity contribution in [2.24, 2.45) is 5.41 Å². The van der Waals surface area contributed by atoms with Gasteiger partial charge in [0.25, 0.3) is 0 Å². The quantitative estimate of drug-likeness (QED) is 0.239. The van der Waals surface area contributed by atoms with Crippen LogP contribution in [0.2, 0.25) is 0 Å². The second kappa shape index (κ2) is 12.4. The highest BCUT2D eigenvalue weighted by atomic mass is 16.6. The summed E-state index contributed by atoms with van der Waals surface area (Å²) in [5.74, 6) is 0.0492. The average molecular weight is 592 g/mol. The van der Waals surface area contributed by atoms with Crippen LogP contribution in [0.1, 0.15) is 98.7 Å². The van der Waals surface area contributed by atoms with E-state index in [1.807, 2.05) is 53.4 Å². The highest BCUT2D eigenvalue weighted by molar-refractivity contribution is 6.10. The number of hydrogen-bond acceptors (Lipinski definition) is 4. The van der Waals surface area contributed by atoms with Gasteiger partial charge in [-0.3, -0.25) is 4.79 Å². The zero-order valence-electron chi connectivity index (χ0n) is 26.4. The Labute approximate surface area is 261 Å². The third-order valence-corrected chi connectivity index (χ3v) is 10.6. The van der Waals surface area contributed by atoms with Crippen molar-refractivity contribution in [2.75, 3.05) is 13.1 Å². The number of aliphatic hydroxyl groups is 1. The van der Waals surface area contributed by atoms with Crippen LogP contribution < -0.4 is 0 Å². The summed E-state index contributed by atoms with van der Waals surface area (Å²) >= 11 is 0. The van der Waals surface area contributed by atoms with Gasteiger partial charge in [-0.1, -0.05) is 92.2 Å². The van der Waals surface area contributed by atoms with Crippen LogP contribution in [0.4, 0.5) is 4.79 Å². The Balaban J connectivity index is 1.43. The van der Waals surface area contributed by atoms with Crippen molar-refractivity contribution < 1.29 is 19.4 Å². The number of ether oxygens (including phenoxy) is 1. The average Bonchev–Trinajstić information content (AvgIpc) is 3.50. The largest absolute Gasteiger partial charge is 0.440 e. The second-order valence-corrected chi connectivity index (χ2v) is 13.5. The van der Waals surface area contributed by atoms with Crippen molar-refractivity contribution in [3.8, 4) is 11.1 Å². The lowest BCUT2D eigenvalue weighted by Gasteiger charge is -2.43. The topological polar surface area (TPSA) is 66.8 Å². The maximum atomic E-state index is 14.4. The van der Waals surface area contributed by atoms with Gasteiger partial charge in [-0.05, 0) is 92.5 Å². The molecule has 5 heteroatoms. The van der Waals surface area contributed by atoms with Gasteiger partial charge >= 0.3 is 6.09 Å². The molecule has 4 aliphatic rings. The van der Waals surface area contributed by atoms with E-state index in [4.69, 9.17) is 4.74 Å². The van der Waals surface area contributed by atoms with E-state index in [1.165, 1.54) is 5.57 Å². The maximum Gasteiger partial charge on any atom is 0.410 e. The highest BCUT2D eigenvalue weighted by Crippen LogP contribution is 2.61. The predicted octanol–water partition coefficient (Wildman–Crippen LogP) is 8.49. The Morgan fingerprint density at radius 1 is 1.00 bits per heavy atom. The van der Waals surface area contributed by atoms with E-state index in [0.29, 0.717) is 37.1 Å². The summed E-state index contributed by atoms with van der Waals surface area (Å²) in [6, 6.07) is 24.3. The first-order valence-corrected chi connectivity index (χ1v) is 16.4. The van der Waals surface area contributed by atoms with Crippen LogP contribution in [0.15, 0.2) is 84.4 Å². The van der Waals surface area contributed by atoms with Crippen LogP contribution >= 0.6 is 0 Å². The van der Waals surface area contributed by atoms with E-state index in [2.05, 4.69) is 51.1 Å². The Morgan fingerprint density at radius 3 is 2.50 bits per heavy atom. The van der Waals surface area contributed by atoms with Gasteiger partial charge in [-0.25, -0.2) is 4.79 Å². The molecule has 4 atom stereocenters. The van der Waals surface area contributed by atoms with Gasteiger partial charge < -0.3 is 14.7 Å². The van der Waals surface area contributed by atoms with Gasteiger partial charge in [0.2, 0.25) is 0 Å². The van der Waals surface area contributed by atoms with E-state index in [0.717, 1.165) is 60.8 Å². The summed E-state index contributed by atoms with van der Waals surface area (Å²) in [4.78, 5) is 29.4. The van der Waals surface area contributed by atoms with E-state index in [-0.39, 0.29) is 23.2 Å². The molecule has 1 N–H and O–H groups in total. The summed E-state index contributed by atoms with van der Waals surface area (Å²) in [6.07, 6.45) is 7.89. The number of ketones is 1. The number of carbonyl (C=O) groups is 2. The fourth-order valence-electron chi connectivity index (χ4n) is 8.02. The molecule has 1 aliphatic heterocycles.